The van der Waals surface area contributed by atoms with Gasteiger partial charge in [0.05, 0.1) is 4.92 Å². The lowest BCUT2D eigenvalue weighted by Crippen LogP contribution is -2.53. The number of piperazine rings is 1. The summed E-state index contributed by atoms with van der Waals surface area (Å²) >= 11 is 0. The Kier molecular flexibility index (Phi) is 4.60. The van der Waals surface area contributed by atoms with Crippen molar-refractivity contribution in [2.45, 2.75) is 6.04 Å². The van der Waals surface area contributed by atoms with E-state index in [1.807, 2.05) is 18.2 Å². The zero-order chi connectivity index (χ0) is 17.8. The number of carbonyl (C=O) groups is 2. The van der Waals surface area contributed by atoms with Crippen LogP contribution in [0.4, 0.5) is 16.2 Å². The van der Waals surface area contributed by atoms with Gasteiger partial charge in [0.25, 0.3) is 5.69 Å². The van der Waals surface area contributed by atoms with E-state index in [2.05, 4.69) is 10.6 Å². The Labute approximate surface area is 143 Å². The van der Waals surface area contributed by atoms with Crippen LogP contribution in [0.3, 0.4) is 0 Å². The molecule has 3 rings (SSSR count). The zero-order valence-corrected chi connectivity index (χ0v) is 13.2. The van der Waals surface area contributed by atoms with Crippen LogP contribution in [0.25, 0.3) is 0 Å². The molecule has 1 aliphatic rings. The van der Waals surface area contributed by atoms with Crippen LogP contribution in [0, 0.1) is 10.1 Å². The van der Waals surface area contributed by atoms with E-state index < -0.39 is 17.0 Å². The fourth-order valence-electron chi connectivity index (χ4n) is 2.71. The van der Waals surface area contributed by atoms with E-state index in [0.29, 0.717) is 18.8 Å². The number of amides is 3. The first-order valence-electron chi connectivity index (χ1n) is 7.71. The molecular formula is C17H16N4O4. The van der Waals surface area contributed by atoms with Crippen molar-refractivity contribution in [3.8, 4) is 0 Å². The summed E-state index contributed by atoms with van der Waals surface area (Å²) in [6.45, 7) is 0.736. The largest absolute Gasteiger partial charge is 0.352 e. The normalized spacial score (nSPS) is 16.9. The summed E-state index contributed by atoms with van der Waals surface area (Å²) < 4.78 is 0. The van der Waals surface area contributed by atoms with Gasteiger partial charge in [-0.1, -0.05) is 30.3 Å². The second-order valence-corrected chi connectivity index (χ2v) is 5.53. The van der Waals surface area contributed by atoms with Gasteiger partial charge in [0, 0.05) is 30.9 Å². The van der Waals surface area contributed by atoms with Gasteiger partial charge in [-0.2, -0.15) is 0 Å². The summed E-state index contributed by atoms with van der Waals surface area (Å²) in [5.41, 5.74) is 1.09. The lowest BCUT2D eigenvalue weighted by atomic mass is 10.0. The van der Waals surface area contributed by atoms with Crippen molar-refractivity contribution in [3.05, 3.63) is 70.3 Å². The van der Waals surface area contributed by atoms with Crippen LogP contribution in [0.5, 0.6) is 0 Å². The fraction of sp³-hybridized carbons (Fsp3) is 0.176. The van der Waals surface area contributed by atoms with E-state index in [-0.39, 0.29) is 11.6 Å². The second kappa shape index (κ2) is 7.00. The van der Waals surface area contributed by atoms with Crippen LogP contribution in [0.15, 0.2) is 54.6 Å². The van der Waals surface area contributed by atoms with Crippen LogP contribution in [-0.4, -0.2) is 34.9 Å². The molecule has 1 aliphatic heterocycles. The Morgan fingerprint density at radius 1 is 1.16 bits per heavy atom. The third-order valence-electron chi connectivity index (χ3n) is 3.92. The number of rotatable bonds is 3. The Morgan fingerprint density at radius 3 is 2.48 bits per heavy atom. The molecule has 25 heavy (non-hydrogen) atoms. The molecule has 0 radical (unpaired) electrons. The van der Waals surface area contributed by atoms with Crippen molar-refractivity contribution in [1.82, 2.24) is 10.2 Å². The maximum atomic E-state index is 12.6. The van der Waals surface area contributed by atoms with E-state index in [1.165, 1.54) is 29.2 Å². The van der Waals surface area contributed by atoms with Crippen molar-refractivity contribution in [2.24, 2.45) is 0 Å². The molecule has 128 valence electrons. The van der Waals surface area contributed by atoms with Gasteiger partial charge in [-0.15, -0.1) is 0 Å². The van der Waals surface area contributed by atoms with Crippen LogP contribution >= 0.6 is 0 Å². The van der Waals surface area contributed by atoms with Crippen molar-refractivity contribution >= 4 is 23.3 Å². The molecule has 8 heteroatoms. The average molecular weight is 340 g/mol. The lowest BCUT2D eigenvalue weighted by Gasteiger charge is -2.35. The van der Waals surface area contributed by atoms with Gasteiger partial charge in [-0.05, 0) is 17.7 Å². The summed E-state index contributed by atoms with van der Waals surface area (Å²) in [6.07, 6.45) is 0. The summed E-state index contributed by atoms with van der Waals surface area (Å²) in [4.78, 5) is 36.5. The maximum absolute atomic E-state index is 12.6. The molecule has 1 saturated heterocycles. The summed E-state index contributed by atoms with van der Waals surface area (Å²) in [5, 5.41) is 16.1. The number of nitro groups is 1. The highest BCUT2D eigenvalue weighted by Gasteiger charge is 2.34. The highest BCUT2D eigenvalue weighted by atomic mass is 16.6. The van der Waals surface area contributed by atoms with E-state index in [0.717, 1.165) is 5.56 Å². The molecule has 0 aromatic heterocycles. The van der Waals surface area contributed by atoms with Gasteiger partial charge < -0.3 is 15.5 Å². The van der Waals surface area contributed by atoms with Gasteiger partial charge in [0.15, 0.2) is 0 Å². The molecule has 2 N–H and O–H groups in total. The second-order valence-electron chi connectivity index (χ2n) is 5.53. The van der Waals surface area contributed by atoms with Gasteiger partial charge in [-0.25, -0.2) is 4.79 Å². The minimum Gasteiger partial charge on any atom is -0.352 e. The monoisotopic (exact) mass is 340 g/mol. The van der Waals surface area contributed by atoms with Gasteiger partial charge in [0.2, 0.25) is 5.91 Å². The number of hydrogen-bond donors (Lipinski definition) is 2. The third-order valence-corrected chi connectivity index (χ3v) is 3.92. The highest BCUT2D eigenvalue weighted by Crippen LogP contribution is 2.24. The SMILES string of the molecule is O=C1NCCN(C(=O)Nc2ccc([N+](=O)[O-])cc2)C1c1ccccc1. The first-order chi connectivity index (χ1) is 12.1. The predicted molar refractivity (Wildman–Crippen MR) is 91.0 cm³/mol. The standard InChI is InChI=1S/C17H16N4O4/c22-16-15(12-4-2-1-3-5-12)20(11-10-18-16)17(23)19-13-6-8-14(9-7-13)21(24)25/h1-9,15H,10-11H2,(H,18,22)(H,19,23). The number of benzene rings is 2. The molecule has 1 fully saturated rings. The topological polar surface area (TPSA) is 105 Å². The van der Waals surface area contributed by atoms with Crippen LogP contribution < -0.4 is 10.6 Å². The number of nitrogens with zero attached hydrogens (tertiary/aromatic N) is 2. The molecule has 0 spiro atoms. The Hall–Kier alpha value is -3.42. The smallest absolute Gasteiger partial charge is 0.322 e. The summed E-state index contributed by atoms with van der Waals surface area (Å²) in [7, 11) is 0. The van der Waals surface area contributed by atoms with Crippen LogP contribution in [0.1, 0.15) is 11.6 Å². The lowest BCUT2D eigenvalue weighted by molar-refractivity contribution is -0.384. The minimum absolute atomic E-state index is 0.0579. The summed E-state index contributed by atoms with van der Waals surface area (Å²) in [6, 6.07) is 13.4. The van der Waals surface area contributed by atoms with Crippen molar-refractivity contribution in [2.75, 3.05) is 18.4 Å². The highest BCUT2D eigenvalue weighted by molar-refractivity contribution is 5.95. The molecule has 2 aromatic rings. The summed E-state index contributed by atoms with van der Waals surface area (Å²) in [5.74, 6) is -0.240. The van der Waals surface area contributed by atoms with Gasteiger partial charge in [0.1, 0.15) is 6.04 Å². The first kappa shape index (κ1) is 16.4. The van der Waals surface area contributed by atoms with E-state index in [1.54, 1.807) is 12.1 Å². The molecule has 1 heterocycles. The molecule has 0 aliphatic carbocycles. The molecule has 1 atom stereocenters. The molecule has 8 nitrogen and oxygen atoms in total. The number of nitro benzene ring substituents is 1. The maximum Gasteiger partial charge on any atom is 0.322 e. The van der Waals surface area contributed by atoms with Crippen molar-refractivity contribution in [1.29, 1.82) is 0 Å². The number of carbonyl (C=O) groups excluding carboxylic acids is 2. The van der Waals surface area contributed by atoms with Crippen molar-refractivity contribution in [3.63, 3.8) is 0 Å². The minimum atomic E-state index is -0.715. The number of nitrogens with one attached hydrogen (secondary N) is 2. The third kappa shape index (κ3) is 3.57. The molecule has 1 unspecified atom stereocenters. The Bertz CT molecular complexity index is 792. The van der Waals surface area contributed by atoms with Gasteiger partial charge >= 0.3 is 6.03 Å². The van der Waals surface area contributed by atoms with E-state index >= 15 is 0 Å². The number of hydrogen-bond acceptors (Lipinski definition) is 4. The Morgan fingerprint density at radius 2 is 1.84 bits per heavy atom. The van der Waals surface area contributed by atoms with Crippen molar-refractivity contribution < 1.29 is 14.5 Å². The van der Waals surface area contributed by atoms with E-state index in [9.17, 15) is 19.7 Å². The fourth-order valence-corrected chi connectivity index (χ4v) is 2.71. The van der Waals surface area contributed by atoms with Crippen LogP contribution in [-0.2, 0) is 4.79 Å². The molecule has 0 bridgehead atoms. The Balaban J connectivity index is 1.79. The number of anilines is 1. The predicted octanol–water partition coefficient (Wildman–Crippen LogP) is 2.30. The molecule has 2 aromatic carbocycles. The zero-order valence-electron chi connectivity index (χ0n) is 13.2. The molecular weight excluding hydrogens is 324 g/mol. The molecule has 3 amide bonds. The van der Waals surface area contributed by atoms with Crippen LogP contribution in [0.2, 0.25) is 0 Å². The average Bonchev–Trinajstić information content (AvgIpc) is 2.62. The quantitative estimate of drug-likeness (QED) is 0.660. The molecule has 0 saturated carbocycles. The first-order valence-corrected chi connectivity index (χ1v) is 7.71. The van der Waals surface area contributed by atoms with Gasteiger partial charge in [-0.3, -0.25) is 14.9 Å². The number of urea groups is 1. The van der Waals surface area contributed by atoms with E-state index in [4.69, 9.17) is 0 Å². The number of non-ortho nitro benzene ring substituents is 1.